The van der Waals surface area contributed by atoms with Crippen LogP contribution in [0.5, 0.6) is 0 Å². The van der Waals surface area contributed by atoms with Crippen LogP contribution in [-0.2, 0) is 17.8 Å². The van der Waals surface area contributed by atoms with Crippen LogP contribution in [0.25, 0.3) is 0 Å². The number of carbonyl (C=O) groups excluding carboxylic acids is 1. The first-order valence-corrected chi connectivity index (χ1v) is 5.91. The number of benzene rings is 1. The maximum Gasteiger partial charge on any atom is 0.229 e. The minimum absolute atomic E-state index is 0.0653. The molecular weight excluding hydrogens is 226 g/mol. The van der Waals surface area contributed by atoms with Gasteiger partial charge in [-0.15, -0.1) is 0 Å². The molecule has 0 aliphatic rings. The number of amides is 1. The molecule has 0 fully saturated rings. The number of rotatable bonds is 4. The Hall–Kier alpha value is -2.10. The third-order valence-electron chi connectivity index (χ3n) is 2.81. The molecule has 0 unspecified atom stereocenters. The van der Waals surface area contributed by atoms with E-state index in [1.54, 1.807) is 25.2 Å². The molecule has 0 N–H and O–H groups in total. The van der Waals surface area contributed by atoms with Gasteiger partial charge in [0.2, 0.25) is 5.91 Å². The van der Waals surface area contributed by atoms with E-state index < -0.39 is 0 Å². The molecule has 0 bridgehead atoms. The SMILES string of the molecule is CN(C)C(=O)Cc1nccn1Cc1ccccc1. The quantitative estimate of drug-likeness (QED) is 0.817. The van der Waals surface area contributed by atoms with E-state index in [-0.39, 0.29) is 5.91 Å². The third kappa shape index (κ3) is 2.97. The lowest BCUT2D eigenvalue weighted by Crippen LogP contribution is -2.25. The van der Waals surface area contributed by atoms with Gasteiger partial charge in [0.15, 0.2) is 0 Å². The standard InChI is InChI=1S/C14H17N3O/c1-16(2)14(18)10-13-15-8-9-17(13)11-12-6-4-3-5-7-12/h3-9H,10-11H2,1-2H3. The van der Waals surface area contributed by atoms with E-state index in [1.807, 2.05) is 29.0 Å². The Kier molecular flexibility index (Phi) is 3.77. The molecule has 0 radical (unpaired) electrons. The van der Waals surface area contributed by atoms with Crippen molar-refractivity contribution in [3.63, 3.8) is 0 Å². The zero-order chi connectivity index (χ0) is 13.0. The van der Waals surface area contributed by atoms with Crippen LogP contribution in [0.15, 0.2) is 42.7 Å². The summed E-state index contributed by atoms with van der Waals surface area (Å²) in [6.07, 6.45) is 3.99. The van der Waals surface area contributed by atoms with Gasteiger partial charge < -0.3 is 9.47 Å². The van der Waals surface area contributed by atoms with Crippen LogP contribution in [0.1, 0.15) is 11.4 Å². The minimum Gasteiger partial charge on any atom is -0.348 e. The molecule has 4 nitrogen and oxygen atoms in total. The molecule has 1 aromatic carbocycles. The molecule has 0 spiro atoms. The van der Waals surface area contributed by atoms with Gasteiger partial charge >= 0.3 is 0 Å². The summed E-state index contributed by atoms with van der Waals surface area (Å²) in [5.41, 5.74) is 1.20. The molecule has 2 rings (SSSR count). The van der Waals surface area contributed by atoms with E-state index in [2.05, 4.69) is 17.1 Å². The summed E-state index contributed by atoms with van der Waals surface area (Å²) >= 11 is 0. The van der Waals surface area contributed by atoms with Gasteiger partial charge in [-0.3, -0.25) is 4.79 Å². The topological polar surface area (TPSA) is 38.1 Å². The molecule has 94 valence electrons. The van der Waals surface area contributed by atoms with Crippen molar-refractivity contribution in [3.05, 3.63) is 54.1 Å². The number of aromatic nitrogens is 2. The molecule has 0 aliphatic heterocycles. The van der Waals surface area contributed by atoms with Crippen LogP contribution >= 0.6 is 0 Å². The summed E-state index contributed by atoms with van der Waals surface area (Å²) < 4.78 is 2.01. The van der Waals surface area contributed by atoms with Crippen molar-refractivity contribution in [2.24, 2.45) is 0 Å². The first kappa shape index (κ1) is 12.4. The second kappa shape index (κ2) is 5.49. The first-order valence-electron chi connectivity index (χ1n) is 5.91. The zero-order valence-corrected chi connectivity index (χ0v) is 10.7. The molecule has 1 heterocycles. The summed E-state index contributed by atoms with van der Waals surface area (Å²) in [7, 11) is 3.51. The lowest BCUT2D eigenvalue weighted by molar-refractivity contribution is -0.128. The molecule has 0 aliphatic carbocycles. The van der Waals surface area contributed by atoms with Gasteiger partial charge in [-0.25, -0.2) is 4.98 Å². The van der Waals surface area contributed by atoms with Crippen molar-refractivity contribution >= 4 is 5.91 Å². The maximum absolute atomic E-state index is 11.7. The summed E-state index contributed by atoms with van der Waals surface area (Å²) in [5.74, 6) is 0.869. The van der Waals surface area contributed by atoms with Gasteiger partial charge in [-0.2, -0.15) is 0 Å². The predicted octanol–water partition coefficient (Wildman–Crippen LogP) is 1.56. The summed E-state index contributed by atoms with van der Waals surface area (Å²) in [6.45, 7) is 0.747. The Morgan fingerprint density at radius 3 is 2.67 bits per heavy atom. The van der Waals surface area contributed by atoms with Crippen LogP contribution < -0.4 is 0 Å². The summed E-state index contributed by atoms with van der Waals surface area (Å²) in [6, 6.07) is 10.1. The molecule has 0 atom stereocenters. The van der Waals surface area contributed by atoms with E-state index in [0.29, 0.717) is 6.42 Å². The van der Waals surface area contributed by atoms with E-state index in [1.165, 1.54) is 5.56 Å². The van der Waals surface area contributed by atoms with Crippen molar-refractivity contribution in [2.45, 2.75) is 13.0 Å². The van der Waals surface area contributed by atoms with E-state index in [4.69, 9.17) is 0 Å². The lowest BCUT2D eigenvalue weighted by atomic mass is 10.2. The first-order chi connectivity index (χ1) is 8.66. The predicted molar refractivity (Wildman–Crippen MR) is 70.2 cm³/mol. The highest BCUT2D eigenvalue weighted by molar-refractivity contribution is 5.77. The third-order valence-corrected chi connectivity index (χ3v) is 2.81. The van der Waals surface area contributed by atoms with Gasteiger partial charge in [0.05, 0.1) is 6.42 Å². The maximum atomic E-state index is 11.7. The van der Waals surface area contributed by atoms with Crippen LogP contribution in [0.2, 0.25) is 0 Å². The Bertz CT molecular complexity index is 517. The van der Waals surface area contributed by atoms with Gasteiger partial charge in [0.25, 0.3) is 0 Å². The highest BCUT2D eigenvalue weighted by Crippen LogP contribution is 2.06. The minimum atomic E-state index is 0.0653. The Labute approximate surface area is 107 Å². The highest BCUT2D eigenvalue weighted by Gasteiger charge is 2.10. The molecule has 1 aromatic heterocycles. The van der Waals surface area contributed by atoms with Crippen LogP contribution in [0.4, 0.5) is 0 Å². The van der Waals surface area contributed by atoms with Gasteiger partial charge in [-0.1, -0.05) is 30.3 Å². The number of imidazole rings is 1. The van der Waals surface area contributed by atoms with Crippen molar-refractivity contribution < 1.29 is 4.79 Å². The molecular formula is C14H17N3O. The number of carbonyl (C=O) groups is 1. The largest absolute Gasteiger partial charge is 0.348 e. The molecule has 1 amide bonds. The average Bonchev–Trinajstić information content (AvgIpc) is 2.78. The zero-order valence-electron chi connectivity index (χ0n) is 10.7. The van der Waals surface area contributed by atoms with Crippen molar-refractivity contribution in [2.75, 3.05) is 14.1 Å². The second-order valence-corrected chi connectivity index (χ2v) is 4.42. The van der Waals surface area contributed by atoms with E-state index in [9.17, 15) is 4.79 Å². The number of likely N-dealkylation sites (N-methyl/N-ethyl adjacent to an activating group) is 1. The molecule has 0 saturated carbocycles. The Morgan fingerprint density at radius 1 is 1.28 bits per heavy atom. The number of nitrogens with zero attached hydrogens (tertiary/aromatic N) is 3. The number of hydrogen-bond acceptors (Lipinski definition) is 2. The molecule has 18 heavy (non-hydrogen) atoms. The summed E-state index contributed by atoms with van der Waals surface area (Å²) in [5, 5.41) is 0. The van der Waals surface area contributed by atoms with Crippen molar-refractivity contribution in [3.8, 4) is 0 Å². The Balaban J connectivity index is 2.11. The number of hydrogen-bond donors (Lipinski definition) is 0. The lowest BCUT2D eigenvalue weighted by Gasteiger charge is -2.11. The molecule has 2 aromatic rings. The van der Waals surface area contributed by atoms with Gasteiger partial charge in [0, 0.05) is 33.0 Å². The van der Waals surface area contributed by atoms with Crippen molar-refractivity contribution in [1.29, 1.82) is 0 Å². The van der Waals surface area contributed by atoms with Gasteiger partial charge in [0.1, 0.15) is 5.82 Å². The van der Waals surface area contributed by atoms with E-state index in [0.717, 1.165) is 12.4 Å². The van der Waals surface area contributed by atoms with Crippen LogP contribution in [0, 0.1) is 0 Å². The fourth-order valence-corrected chi connectivity index (χ4v) is 1.72. The fraction of sp³-hybridized carbons (Fsp3) is 0.286. The molecule has 4 heteroatoms. The van der Waals surface area contributed by atoms with Gasteiger partial charge in [-0.05, 0) is 5.56 Å². The fourth-order valence-electron chi connectivity index (χ4n) is 1.72. The monoisotopic (exact) mass is 243 g/mol. The summed E-state index contributed by atoms with van der Waals surface area (Å²) in [4.78, 5) is 17.5. The van der Waals surface area contributed by atoms with Crippen molar-refractivity contribution in [1.82, 2.24) is 14.5 Å². The average molecular weight is 243 g/mol. The smallest absolute Gasteiger partial charge is 0.229 e. The van der Waals surface area contributed by atoms with Crippen LogP contribution in [0.3, 0.4) is 0 Å². The molecule has 0 saturated heterocycles. The normalized spacial score (nSPS) is 10.3. The second-order valence-electron chi connectivity index (χ2n) is 4.42. The van der Waals surface area contributed by atoms with E-state index >= 15 is 0 Å². The Morgan fingerprint density at radius 2 is 2.00 bits per heavy atom. The van der Waals surface area contributed by atoms with Crippen LogP contribution in [-0.4, -0.2) is 34.5 Å². The highest BCUT2D eigenvalue weighted by atomic mass is 16.2.